The molecular formula is C13H17N5O2. The van der Waals surface area contributed by atoms with Crippen LogP contribution >= 0.6 is 0 Å². The molecule has 1 aromatic carbocycles. The van der Waals surface area contributed by atoms with Gasteiger partial charge in [0, 0.05) is 5.56 Å². The third-order valence-corrected chi connectivity index (χ3v) is 2.48. The van der Waals surface area contributed by atoms with Crippen molar-refractivity contribution in [1.82, 2.24) is 25.9 Å². The first-order valence-electron chi connectivity index (χ1n) is 6.38. The van der Waals surface area contributed by atoms with Crippen molar-refractivity contribution in [2.45, 2.75) is 20.4 Å². The van der Waals surface area contributed by atoms with Gasteiger partial charge < -0.3 is 10.1 Å². The molecule has 0 aliphatic carbocycles. The fourth-order valence-electron chi connectivity index (χ4n) is 1.51. The quantitative estimate of drug-likeness (QED) is 0.825. The summed E-state index contributed by atoms with van der Waals surface area (Å²) in [7, 11) is 0. The first-order chi connectivity index (χ1) is 9.65. The van der Waals surface area contributed by atoms with Gasteiger partial charge in [0.05, 0.1) is 13.2 Å². The molecule has 0 saturated heterocycles. The van der Waals surface area contributed by atoms with E-state index in [9.17, 15) is 4.79 Å². The summed E-state index contributed by atoms with van der Waals surface area (Å²) in [6, 6.07) is 7.07. The van der Waals surface area contributed by atoms with Gasteiger partial charge in [-0.1, -0.05) is 25.1 Å². The van der Waals surface area contributed by atoms with E-state index < -0.39 is 0 Å². The number of carbonyl (C=O) groups is 1. The number of aromatic amines is 1. The van der Waals surface area contributed by atoms with Crippen LogP contribution in [0.1, 0.15) is 30.0 Å². The summed E-state index contributed by atoms with van der Waals surface area (Å²) >= 11 is 0. The van der Waals surface area contributed by atoms with Gasteiger partial charge in [-0.3, -0.25) is 4.79 Å². The largest absolute Gasteiger partial charge is 0.493 e. The first kappa shape index (κ1) is 14.0. The van der Waals surface area contributed by atoms with Crippen molar-refractivity contribution in [1.29, 1.82) is 0 Å². The van der Waals surface area contributed by atoms with E-state index in [1.807, 2.05) is 6.07 Å². The van der Waals surface area contributed by atoms with Crippen LogP contribution in [0, 0.1) is 5.92 Å². The summed E-state index contributed by atoms with van der Waals surface area (Å²) in [5, 5.41) is 16.0. The monoisotopic (exact) mass is 275 g/mol. The van der Waals surface area contributed by atoms with Crippen LogP contribution in [-0.2, 0) is 6.54 Å². The van der Waals surface area contributed by atoms with E-state index in [4.69, 9.17) is 4.74 Å². The fraction of sp³-hybridized carbons (Fsp3) is 0.385. The summed E-state index contributed by atoms with van der Waals surface area (Å²) in [5.74, 6) is 1.35. The lowest BCUT2D eigenvalue weighted by Gasteiger charge is -2.09. The van der Waals surface area contributed by atoms with Crippen molar-refractivity contribution in [3.8, 4) is 5.75 Å². The number of aromatic nitrogens is 4. The molecule has 7 heteroatoms. The van der Waals surface area contributed by atoms with Gasteiger partial charge >= 0.3 is 0 Å². The van der Waals surface area contributed by atoms with Crippen LogP contribution < -0.4 is 10.1 Å². The molecule has 2 rings (SSSR count). The van der Waals surface area contributed by atoms with Gasteiger partial charge in [0.15, 0.2) is 5.82 Å². The van der Waals surface area contributed by atoms with Crippen LogP contribution in [0.15, 0.2) is 24.3 Å². The van der Waals surface area contributed by atoms with Crippen molar-refractivity contribution in [2.75, 3.05) is 6.61 Å². The van der Waals surface area contributed by atoms with E-state index in [1.165, 1.54) is 0 Å². The molecule has 0 aliphatic rings. The van der Waals surface area contributed by atoms with Crippen molar-refractivity contribution < 1.29 is 9.53 Å². The van der Waals surface area contributed by atoms with E-state index in [2.05, 4.69) is 39.8 Å². The highest BCUT2D eigenvalue weighted by Crippen LogP contribution is 2.14. The molecule has 0 saturated carbocycles. The number of ether oxygens (including phenoxy) is 1. The van der Waals surface area contributed by atoms with E-state index >= 15 is 0 Å². The van der Waals surface area contributed by atoms with Crippen LogP contribution in [0.3, 0.4) is 0 Å². The van der Waals surface area contributed by atoms with Crippen LogP contribution in [0.2, 0.25) is 0 Å². The number of H-pyrrole nitrogens is 1. The number of benzene rings is 1. The summed E-state index contributed by atoms with van der Waals surface area (Å²) in [4.78, 5) is 12.0. The zero-order valence-corrected chi connectivity index (χ0v) is 11.5. The van der Waals surface area contributed by atoms with Gasteiger partial charge in [-0.15, -0.1) is 10.2 Å². The van der Waals surface area contributed by atoms with Crippen LogP contribution in [0.25, 0.3) is 0 Å². The molecule has 2 aromatic rings. The highest BCUT2D eigenvalue weighted by atomic mass is 16.5. The Morgan fingerprint density at radius 1 is 1.45 bits per heavy atom. The third kappa shape index (κ3) is 4.04. The number of nitrogens with zero attached hydrogens (tertiary/aromatic N) is 3. The molecule has 1 amide bonds. The molecule has 0 aliphatic heterocycles. The molecule has 2 N–H and O–H groups in total. The lowest BCUT2D eigenvalue weighted by atomic mass is 10.2. The number of nitrogens with one attached hydrogen (secondary N) is 2. The molecule has 20 heavy (non-hydrogen) atoms. The molecule has 1 heterocycles. The Morgan fingerprint density at radius 3 is 3.00 bits per heavy atom. The average Bonchev–Trinajstić information content (AvgIpc) is 2.96. The van der Waals surface area contributed by atoms with Crippen molar-refractivity contribution in [2.24, 2.45) is 5.92 Å². The maximum atomic E-state index is 12.0. The number of tetrazole rings is 1. The SMILES string of the molecule is CC(C)COc1cccc(C(=O)NCc2nn[nH]n2)c1. The van der Waals surface area contributed by atoms with Gasteiger partial charge in [-0.2, -0.15) is 5.21 Å². The predicted octanol–water partition coefficient (Wildman–Crippen LogP) is 1.16. The summed E-state index contributed by atoms with van der Waals surface area (Å²) in [6.45, 7) is 4.99. The summed E-state index contributed by atoms with van der Waals surface area (Å²) in [6.07, 6.45) is 0. The normalized spacial score (nSPS) is 10.6. The smallest absolute Gasteiger partial charge is 0.251 e. The molecule has 0 unspecified atom stereocenters. The van der Waals surface area contributed by atoms with Crippen molar-refractivity contribution in [3.05, 3.63) is 35.7 Å². The van der Waals surface area contributed by atoms with Crippen molar-refractivity contribution >= 4 is 5.91 Å². The standard InChI is InChI=1S/C13H17N5O2/c1-9(2)8-20-11-5-3-4-10(6-11)13(19)14-7-12-15-17-18-16-12/h3-6,9H,7-8H2,1-2H3,(H,14,19)(H,15,16,17,18). The second-order valence-corrected chi connectivity index (χ2v) is 4.74. The van der Waals surface area contributed by atoms with Crippen molar-refractivity contribution in [3.63, 3.8) is 0 Å². The van der Waals surface area contributed by atoms with Gasteiger partial charge in [0.2, 0.25) is 0 Å². The van der Waals surface area contributed by atoms with Gasteiger partial charge in [0.25, 0.3) is 5.91 Å². The van der Waals surface area contributed by atoms with E-state index in [-0.39, 0.29) is 12.5 Å². The minimum Gasteiger partial charge on any atom is -0.493 e. The van der Waals surface area contributed by atoms with Crippen LogP contribution in [-0.4, -0.2) is 33.1 Å². The Labute approximate surface area is 116 Å². The Bertz CT molecular complexity index is 554. The highest BCUT2D eigenvalue weighted by molar-refractivity contribution is 5.94. The van der Waals surface area contributed by atoms with Gasteiger partial charge in [-0.05, 0) is 24.1 Å². The maximum Gasteiger partial charge on any atom is 0.251 e. The zero-order valence-electron chi connectivity index (χ0n) is 11.5. The van der Waals surface area contributed by atoms with Gasteiger partial charge in [0.1, 0.15) is 5.75 Å². The molecule has 0 spiro atoms. The molecule has 0 bridgehead atoms. The zero-order chi connectivity index (χ0) is 14.4. The molecule has 0 fully saturated rings. The summed E-state index contributed by atoms with van der Waals surface area (Å²) < 4.78 is 5.59. The average molecular weight is 275 g/mol. The Kier molecular flexibility index (Phi) is 4.65. The second-order valence-electron chi connectivity index (χ2n) is 4.74. The lowest BCUT2D eigenvalue weighted by molar-refractivity contribution is 0.0949. The molecule has 106 valence electrons. The Hall–Kier alpha value is -2.44. The summed E-state index contributed by atoms with van der Waals surface area (Å²) in [5.41, 5.74) is 0.537. The van der Waals surface area contributed by atoms with E-state index in [0.717, 1.165) is 0 Å². The van der Waals surface area contributed by atoms with Gasteiger partial charge in [-0.25, -0.2) is 0 Å². The molecule has 1 aromatic heterocycles. The number of rotatable bonds is 6. The molecular weight excluding hydrogens is 258 g/mol. The second kappa shape index (κ2) is 6.65. The maximum absolute atomic E-state index is 12.0. The number of hydrogen-bond acceptors (Lipinski definition) is 5. The third-order valence-electron chi connectivity index (χ3n) is 2.48. The Morgan fingerprint density at radius 2 is 2.30 bits per heavy atom. The van der Waals surface area contributed by atoms with Crippen LogP contribution in [0.5, 0.6) is 5.75 Å². The molecule has 7 nitrogen and oxygen atoms in total. The molecule has 0 radical (unpaired) electrons. The lowest BCUT2D eigenvalue weighted by Crippen LogP contribution is -2.23. The number of carbonyl (C=O) groups excluding carboxylic acids is 1. The minimum absolute atomic E-state index is 0.204. The number of hydrogen-bond donors (Lipinski definition) is 2. The number of amides is 1. The molecule has 0 atom stereocenters. The minimum atomic E-state index is -0.204. The highest BCUT2D eigenvalue weighted by Gasteiger charge is 2.08. The first-order valence-corrected chi connectivity index (χ1v) is 6.38. The fourth-order valence-corrected chi connectivity index (χ4v) is 1.51. The van der Waals surface area contributed by atoms with E-state index in [1.54, 1.807) is 18.2 Å². The Balaban J connectivity index is 1.93. The topological polar surface area (TPSA) is 92.8 Å². The van der Waals surface area contributed by atoms with E-state index in [0.29, 0.717) is 29.7 Å². The van der Waals surface area contributed by atoms with Crippen LogP contribution in [0.4, 0.5) is 0 Å². The predicted molar refractivity (Wildman–Crippen MR) is 72.1 cm³/mol.